The molecule has 0 bridgehead atoms. The van der Waals surface area contributed by atoms with E-state index in [0.717, 1.165) is 0 Å². The van der Waals surface area contributed by atoms with Crippen molar-refractivity contribution in [3.05, 3.63) is 16.6 Å². The minimum absolute atomic E-state index is 0.278. The predicted molar refractivity (Wildman–Crippen MR) is 59.8 cm³/mol. The lowest BCUT2D eigenvalue weighted by Crippen LogP contribution is -2.18. The second-order valence-corrected chi connectivity index (χ2v) is 3.76. The minimum atomic E-state index is -0.334. The summed E-state index contributed by atoms with van der Waals surface area (Å²) >= 11 is 1.35. The monoisotopic (exact) mass is 254 g/mol. The molecule has 2 aromatic rings. The number of hydrogen-bond acceptors (Lipinski definition) is 7. The van der Waals surface area contributed by atoms with Gasteiger partial charge in [-0.2, -0.15) is 0 Å². The van der Waals surface area contributed by atoms with E-state index in [4.69, 9.17) is 4.74 Å². The first-order chi connectivity index (χ1) is 8.31. The van der Waals surface area contributed by atoms with Gasteiger partial charge in [0, 0.05) is 12.5 Å². The second-order valence-electron chi connectivity index (χ2n) is 3.05. The first-order valence-corrected chi connectivity index (χ1v) is 5.70. The normalized spacial score (nSPS) is 10.4. The Kier molecular flexibility index (Phi) is 3.73. The van der Waals surface area contributed by atoms with Crippen molar-refractivity contribution in [2.24, 2.45) is 0 Å². The minimum Gasteiger partial charge on any atom is -0.383 e. The number of nitrogens with one attached hydrogen (secondary N) is 1. The van der Waals surface area contributed by atoms with Crippen LogP contribution in [0.2, 0.25) is 0 Å². The number of amides is 1. The van der Waals surface area contributed by atoms with Gasteiger partial charge in [0.25, 0.3) is 5.91 Å². The zero-order chi connectivity index (χ0) is 12.1. The number of tetrazole rings is 1. The van der Waals surface area contributed by atoms with Crippen LogP contribution in [0.5, 0.6) is 0 Å². The Morgan fingerprint density at radius 1 is 1.65 bits per heavy atom. The Bertz CT molecular complexity index is 482. The summed E-state index contributed by atoms with van der Waals surface area (Å²) in [6, 6.07) is 0. The Balaban J connectivity index is 2.03. The number of carbonyl (C=O) groups is 1. The number of anilines is 1. The van der Waals surface area contributed by atoms with Crippen LogP contribution in [-0.2, 0) is 11.3 Å². The molecule has 0 aromatic carbocycles. The lowest BCUT2D eigenvalue weighted by atomic mass is 10.4. The van der Waals surface area contributed by atoms with E-state index in [2.05, 4.69) is 25.8 Å². The van der Waals surface area contributed by atoms with Gasteiger partial charge in [0.2, 0.25) is 5.95 Å². The Hall–Kier alpha value is -1.87. The van der Waals surface area contributed by atoms with Crippen molar-refractivity contribution in [2.75, 3.05) is 19.0 Å². The third-order valence-corrected chi connectivity index (χ3v) is 2.52. The molecule has 0 unspecified atom stereocenters. The van der Waals surface area contributed by atoms with E-state index in [1.165, 1.54) is 16.0 Å². The Morgan fingerprint density at radius 3 is 3.24 bits per heavy atom. The van der Waals surface area contributed by atoms with Crippen molar-refractivity contribution >= 4 is 23.2 Å². The SMILES string of the molecule is COCCn1nnnc1NC(=O)c1cscn1. The van der Waals surface area contributed by atoms with E-state index in [0.29, 0.717) is 18.8 Å². The molecule has 2 heterocycles. The summed E-state index contributed by atoms with van der Waals surface area (Å²) in [6.07, 6.45) is 0. The molecule has 0 atom stereocenters. The maximum absolute atomic E-state index is 11.7. The van der Waals surface area contributed by atoms with Gasteiger partial charge < -0.3 is 4.74 Å². The molecule has 0 aliphatic heterocycles. The second kappa shape index (κ2) is 5.46. The number of thiazole rings is 1. The van der Waals surface area contributed by atoms with Crippen molar-refractivity contribution in [1.82, 2.24) is 25.2 Å². The quantitative estimate of drug-likeness (QED) is 0.808. The molecule has 0 spiro atoms. The van der Waals surface area contributed by atoms with Crippen molar-refractivity contribution in [3.63, 3.8) is 0 Å². The van der Waals surface area contributed by atoms with Gasteiger partial charge in [-0.05, 0) is 10.4 Å². The molecule has 1 N–H and O–H groups in total. The number of methoxy groups -OCH3 is 1. The summed E-state index contributed by atoms with van der Waals surface area (Å²) in [5.74, 6) is -0.0558. The number of hydrogen-bond donors (Lipinski definition) is 1. The molecule has 90 valence electrons. The average Bonchev–Trinajstić information content (AvgIpc) is 2.97. The molecule has 1 amide bonds. The predicted octanol–water partition coefficient (Wildman–Crippen LogP) is 0.0283. The van der Waals surface area contributed by atoms with E-state index in [1.54, 1.807) is 18.0 Å². The highest BCUT2D eigenvalue weighted by Gasteiger charge is 2.12. The summed E-state index contributed by atoms with van der Waals surface area (Å²) < 4.78 is 6.36. The molecule has 2 aromatic heterocycles. The maximum Gasteiger partial charge on any atom is 0.277 e. The molecule has 8 nitrogen and oxygen atoms in total. The molecule has 0 saturated heterocycles. The van der Waals surface area contributed by atoms with Crippen LogP contribution in [-0.4, -0.2) is 44.8 Å². The molecule has 0 fully saturated rings. The average molecular weight is 254 g/mol. The third-order valence-electron chi connectivity index (χ3n) is 1.93. The molecular formula is C8H10N6O2S. The molecule has 0 aliphatic rings. The zero-order valence-corrected chi connectivity index (χ0v) is 9.85. The van der Waals surface area contributed by atoms with E-state index in [9.17, 15) is 4.79 Å². The van der Waals surface area contributed by atoms with E-state index >= 15 is 0 Å². The molecule has 0 saturated carbocycles. The zero-order valence-electron chi connectivity index (χ0n) is 9.03. The largest absolute Gasteiger partial charge is 0.383 e. The first kappa shape index (κ1) is 11.6. The maximum atomic E-state index is 11.7. The van der Waals surface area contributed by atoms with Crippen LogP contribution >= 0.6 is 11.3 Å². The topological polar surface area (TPSA) is 94.8 Å². The van der Waals surface area contributed by atoms with Crippen LogP contribution < -0.4 is 5.32 Å². The number of aromatic nitrogens is 5. The lowest BCUT2D eigenvalue weighted by molar-refractivity contribution is 0.102. The summed E-state index contributed by atoms with van der Waals surface area (Å²) in [7, 11) is 1.58. The molecular weight excluding hydrogens is 244 g/mol. The fourth-order valence-electron chi connectivity index (χ4n) is 1.11. The smallest absolute Gasteiger partial charge is 0.277 e. The molecule has 17 heavy (non-hydrogen) atoms. The standard InChI is InChI=1S/C8H10N6O2S/c1-16-3-2-14-8(11-12-13-14)10-7(15)6-4-17-5-9-6/h4-5H,2-3H2,1H3,(H,10,11,13,15). The van der Waals surface area contributed by atoms with Crippen LogP contribution in [0.3, 0.4) is 0 Å². The number of ether oxygens (including phenoxy) is 1. The van der Waals surface area contributed by atoms with Gasteiger partial charge in [0.1, 0.15) is 5.69 Å². The van der Waals surface area contributed by atoms with Crippen LogP contribution in [0.15, 0.2) is 10.9 Å². The highest BCUT2D eigenvalue weighted by Crippen LogP contribution is 2.05. The lowest BCUT2D eigenvalue weighted by Gasteiger charge is -2.03. The van der Waals surface area contributed by atoms with E-state index in [-0.39, 0.29) is 11.9 Å². The van der Waals surface area contributed by atoms with Crippen LogP contribution in [0.4, 0.5) is 5.95 Å². The summed E-state index contributed by atoms with van der Waals surface area (Å²) in [5.41, 5.74) is 1.93. The van der Waals surface area contributed by atoms with Gasteiger partial charge in [0.05, 0.1) is 18.7 Å². The number of nitrogens with zero attached hydrogens (tertiary/aromatic N) is 5. The van der Waals surface area contributed by atoms with Gasteiger partial charge in [-0.25, -0.2) is 9.67 Å². The van der Waals surface area contributed by atoms with Crippen LogP contribution in [0.1, 0.15) is 10.5 Å². The fraction of sp³-hybridized carbons (Fsp3) is 0.375. The molecule has 0 radical (unpaired) electrons. The van der Waals surface area contributed by atoms with Crippen LogP contribution in [0.25, 0.3) is 0 Å². The number of rotatable bonds is 5. The van der Waals surface area contributed by atoms with E-state index < -0.39 is 0 Å². The van der Waals surface area contributed by atoms with Crippen molar-refractivity contribution in [2.45, 2.75) is 6.54 Å². The van der Waals surface area contributed by atoms with Crippen molar-refractivity contribution in [3.8, 4) is 0 Å². The summed E-state index contributed by atoms with van der Waals surface area (Å²) in [5, 5.41) is 15.2. The summed E-state index contributed by atoms with van der Waals surface area (Å²) in [4.78, 5) is 15.6. The fourth-order valence-corrected chi connectivity index (χ4v) is 1.64. The van der Waals surface area contributed by atoms with Crippen molar-refractivity contribution in [1.29, 1.82) is 0 Å². The van der Waals surface area contributed by atoms with Gasteiger partial charge in [0.15, 0.2) is 0 Å². The van der Waals surface area contributed by atoms with Gasteiger partial charge >= 0.3 is 0 Å². The van der Waals surface area contributed by atoms with Gasteiger partial charge in [-0.15, -0.1) is 11.3 Å². The van der Waals surface area contributed by atoms with Gasteiger partial charge in [-0.3, -0.25) is 10.1 Å². The highest BCUT2D eigenvalue weighted by molar-refractivity contribution is 7.07. The third kappa shape index (κ3) is 2.82. The first-order valence-electron chi connectivity index (χ1n) is 4.76. The Labute approximate surface area is 101 Å². The highest BCUT2D eigenvalue weighted by atomic mass is 32.1. The molecule has 2 rings (SSSR count). The molecule has 9 heteroatoms. The van der Waals surface area contributed by atoms with Crippen molar-refractivity contribution < 1.29 is 9.53 Å². The van der Waals surface area contributed by atoms with E-state index in [1.807, 2.05) is 0 Å². The number of carbonyl (C=O) groups excluding carboxylic acids is 1. The van der Waals surface area contributed by atoms with Crippen LogP contribution in [0, 0.1) is 0 Å². The Morgan fingerprint density at radius 2 is 2.53 bits per heavy atom. The summed E-state index contributed by atoms with van der Waals surface area (Å²) in [6.45, 7) is 0.931. The molecule has 0 aliphatic carbocycles. The van der Waals surface area contributed by atoms with Gasteiger partial charge in [-0.1, -0.05) is 5.10 Å².